The molecule has 0 aromatic heterocycles. The van der Waals surface area contributed by atoms with E-state index in [1.54, 1.807) is 36.4 Å². The first kappa shape index (κ1) is 20.5. The van der Waals surface area contributed by atoms with E-state index in [9.17, 15) is 18.8 Å². The summed E-state index contributed by atoms with van der Waals surface area (Å²) in [5, 5.41) is 5.53. The zero-order chi connectivity index (χ0) is 21.0. The van der Waals surface area contributed by atoms with Crippen LogP contribution in [0, 0.1) is 23.6 Å². The van der Waals surface area contributed by atoms with Gasteiger partial charge in [-0.2, -0.15) is 0 Å². The second-order valence-corrected chi connectivity index (χ2v) is 7.53. The molecule has 1 saturated carbocycles. The predicted molar refractivity (Wildman–Crippen MR) is 107 cm³/mol. The molecule has 2 aromatic carbocycles. The van der Waals surface area contributed by atoms with Crippen LogP contribution in [0.25, 0.3) is 0 Å². The van der Waals surface area contributed by atoms with Crippen LogP contribution in [0.15, 0.2) is 48.5 Å². The SMILES string of the molecule is CC1CC1C(=O)Nc1cccc(C(=O)NCC(Cc2ccc(F)cc2)C(N)=O)c1. The van der Waals surface area contributed by atoms with Gasteiger partial charge in [-0.3, -0.25) is 14.4 Å². The van der Waals surface area contributed by atoms with Crippen molar-refractivity contribution in [3.8, 4) is 0 Å². The second kappa shape index (κ2) is 8.86. The van der Waals surface area contributed by atoms with Crippen molar-refractivity contribution in [2.24, 2.45) is 23.5 Å². The van der Waals surface area contributed by atoms with E-state index in [2.05, 4.69) is 10.6 Å². The van der Waals surface area contributed by atoms with Crippen molar-refractivity contribution >= 4 is 23.4 Å². The van der Waals surface area contributed by atoms with Gasteiger partial charge in [0, 0.05) is 23.7 Å². The summed E-state index contributed by atoms with van der Waals surface area (Å²) in [6, 6.07) is 12.4. The van der Waals surface area contributed by atoms with Gasteiger partial charge in [-0.1, -0.05) is 25.1 Å². The molecule has 4 N–H and O–H groups in total. The van der Waals surface area contributed by atoms with Crippen molar-refractivity contribution in [2.45, 2.75) is 19.8 Å². The fourth-order valence-electron chi connectivity index (χ4n) is 3.16. The van der Waals surface area contributed by atoms with E-state index in [1.807, 2.05) is 6.92 Å². The maximum atomic E-state index is 13.0. The largest absolute Gasteiger partial charge is 0.369 e. The lowest BCUT2D eigenvalue weighted by Gasteiger charge is -2.15. The van der Waals surface area contributed by atoms with Crippen molar-refractivity contribution in [3.63, 3.8) is 0 Å². The van der Waals surface area contributed by atoms with E-state index in [-0.39, 0.29) is 30.1 Å². The molecule has 7 heteroatoms. The summed E-state index contributed by atoms with van der Waals surface area (Å²) in [5.41, 5.74) is 7.13. The molecule has 1 aliphatic rings. The molecule has 1 aliphatic carbocycles. The number of carbonyl (C=O) groups excluding carboxylic acids is 3. The monoisotopic (exact) mass is 397 g/mol. The smallest absolute Gasteiger partial charge is 0.251 e. The second-order valence-electron chi connectivity index (χ2n) is 7.53. The van der Waals surface area contributed by atoms with Gasteiger partial charge in [-0.15, -0.1) is 0 Å². The van der Waals surface area contributed by atoms with Gasteiger partial charge in [0.05, 0.1) is 5.92 Å². The van der Waals surface area contributed by atoms with E-state index in [4.69, 9.17) is 5.73 Å². The molecule has 0 saturated heterocycles. The third-order valence-corrected chi connectivity index (χ3v) is 5.15. The van der Waals surface area contributed by atoms with Crippen LogP contribution in [0.2, 0.25) is 0 Å². The summed E-state index contributed by atoms with van der Waals surface area (Å²) in [5.74, 6) is -1.50. The fraction of sp³-hybridized carbons (Fsp3) is 0.318. The molecule has 1 fully saturated rings. The molecular formula is C22H24FN3O3. The highest BCUT2D eigenvalue weighted by atomic mass is 19.1. The number of hydrogen-bond donors (Lipinski definition) is 3. The van der Waals surface area contributed by atoms with Gasteiger partial charge in [0.2, 0.25) is 11.8 Å². The summed E-state index contributed by atoms with van der Waals surface area (Å²) in [6.07, 6.45) is 1.18. The summed E-state index contributed by atoms with van der Waals surface area (Å²) in [4.78, 5) is 36.3. The van der Waals surface area contributed by atoms with Crippen molar-refractivity contribution in [2.75, 3.05) is 11.9 Å². The van der Waals surface area contributed by atoms with Gasteiger partial charge < -0.3 is 16.4 Å². The highest BCUT2D eigenvalue weighted by Crippen LogP contribution is 2.38. The number of primary amides is 1. The predicted octanol–water partition coefficient (Wildman–Crippen LogP) is 2.49. The van der Waals surface area contributed by atoms with E-state index in [0.717, 1.165) is 12.0 Å². The Labute approximate surface area is 168 Å². The van der Waals surface area contributed by atoms with Crippen molar-refractivity contribution in [3.05, 3.63) is 65.5 Å². The minimum atomic E-state index is -0.622. The van der Waals surface area contributed by atoms with E-state index in [1.165, 1.54) is 12.1 Å². The number of rotatable bonds is 8. The maximum absolute atomic E-state index is 13.0. The maximum Gasteiger partial charge on any atom is 0.251 e. The first-order valence-electron chi connectivity index (χ1n) is 9.56. The van der Waals surface area contributed by atoms with E-state index < -0.39 is 11.8 Å². The molecule has 3 amide bonds. The van der Waals surface area contributed by atoms with Crippen LogP contribution in [-0.2, 0) is 16.0 Å². The first-order chi connectivity index (χ1) is 13.8. The van der Waals surface area contributed by atoms with Gasteiger partial charge in [0.1, 0.15) is 5.82 Å². The zero-order valence-corrected chi connectivity index (χ0v) is 16.2. The fourth-order valence-corrected chi connectivity index (χ4v) is 3.16. The molecule has 6 nitrogen and oxygen atoms in total. The minimum Gasteiger partial charge on any atom is -0.369 e. The lowest BCUT2D eigenvalue weighted by molar-refractivity contribution is -0.121. The van der Waals surface area contributed by atoms with Gasteiger partial charge in [0.25, 0.3) is 5.91 Å². The molecule has 0 heterocycles. The lowest BCUT2D eigenvalue weighted by atomic mass is 9.98. The number of anilines is 1. The van der Waals surface area contributed by atoms with Gasteiger partial charge in [-0.05, 0) is 54.7 Å². The molecule has 0 spiro atoms. The first-order valence-corrected chi connectivity index (χ1v) is 9.56. The summed E-state index contributed by atoms with van der Waals surface area (Å²) < 4.78 is 13.0. The Morgan fingerprint density at radius 1 is 1.17 bits per heavy atom. The average Bonchev–Trinajstić information content (AvgIpc) is 3.43. The number of nitrogens with one attached hydrogen (secondary N) is 2. The van der Waals surface area contributed by atoms with Crippen molar-refractivity contribution in [1.82, 2.24) is 5.32 Å². The topological polar surface area (TPSA) is 101 Å². The molecule has 2 aromatic rings. The molecule has 3 rings (SSSR count). The van der Waals surface area contributed by atoms with Crippen molar-refractivity contribution in [1.29, 1.82) is 0 Å². The van der Waals surface area contributed by atoms with Crippen LogP contribution in [0.1, 0.15) is 29.3 Å². The minimum absolute atomic E-state index is 0.0373. The molecular weight excluding hydrogens is 373 g/mol. The molecule has 3 unspecified atom stereocenters. The normalized spacial score (nSPS) is 18.6. The van der Waals surface area contributed by atoms with Crippen LogP contribution in [0.5, 0.6) is 0 Å². The average molecular weight is 397 g/mol. The molecule has 29 heavy (non-hydrogen) atoms. The van der Waals surface area contributed by atoms with Crippen LogP contribution < -0.4 is 16.4 Å². The molecule has 0 aliphatic heterocycles. The molecule has 152 valence electrons. The molecule has 0 radical (unpaired) electrons. The number of benzene rings is 2. The quantitative estimate of drug-likeness (QED) is 0.638. The lowest BCUT2D eigenvalue weighted by Crippen LogP contribution is -2.37. The zero-order valence-electron chi connectivity index (χ0n) is 16.2. The molecule has 3 atom stereocenters. The number of hydrogen-bond acceptors (Lipinski definition) is 3. The Morgan fingerprint density at radius 3 is 2.48 bits per heavy atom. The van der Waals surface area contributed by atoms with Crippen molar-refractivity contribution < 1.29 is 18.8 Å². The molecule has 0 bridgehead atoms. The van der Waals surface area contributed by atoms with Crippen LogP contribution in [0.4, 0.5) is 10.1 Å². The van der Waals surface area contributed by atoms with E-state index >= 15 is 0 Å². The number of amides is 3. The van der Waals surface area contributed by atoms with Crippen LogP contribution >= 0.6 is 0 Å². The Hall–Kier alpha value is -3.22. The highest BCUT2D eigenvalue weighted by molar-refractivity contribution is 5.98. The Bertz CT molecular complexity index is 914. The number of halogens is 1. The Morgan fingerprint density at radius 2 is 1.86 bits per heavy atom. The third kappa shape index (κ3) is 5.63. The third-order valence-electron chi connectivity index (χ3n) is 5.15. The van der Waals surface area contributed by atoms with Gasteiger partial charge in [-0.25, -0.2) is 4.39 Å². The summed E-state index contributed by atoms with van der Waals surface area (Å²) >= 11 is 0. The number of carbonyl (C=O) groups is 3. The summed E-state index contributed by atoms with van der Waals surface area (Å²) in [6.45, 7) is 2.08. The summed E-state index contributed by atoms with van der Waals surface area (Å²) in [7, 11) is 0. The van der Waals surface area contributed by atoms with Crippen LogP contribution in [0.3, 0.4) is 0 Å². The standard InChI is InChI=1S/C22H24FN3O3/c1-13-9-19(13)22(29)26-18-4-2-3-15(11-18)21(28)25-12-16(20(24)27)10-14-5-7-17(23)8-6-14/h2-8,11,13,16,19H,9-10,12H2,1H3,(H2,24,27)(H,25,28)(H,26,29). The number of nitrogens with two attached hydrogens (primary N) is 1. The van der Waals surface area contributed by atoms with Gasteiger partial charge >= 0.3 is 0 Å². The van der Waals surface area contributed by atoms with E-state index in [0.29, 0.717) is 23.6 Å². The van der Waals surface area contributed by atoms with Gasteiger partial charge in [0.15, 0.2) is 0 Å². The Kier molecular flexibility index (Phi) is 6.26. The van der Waals surface area contributed by atoms with Crippen LogP contribution in [-0.4, -0.2) is 24.3 Å². The Balaban J connectivity index is 1.58. The highest BCUT2D eigenvalue weighted by Gasteiger charge is 2.39.